The zero-order valence-electron chi connectivity index (χ0n) is 16.3. The van der Waals surface area contributed by atoms with Crippen molar-refractivity contribution in [3.8, 4) is 0 Å². The molecule has 0 radical (unpaired) electrons. The van der Waals surface area contributed by atoms with Crippen molar-refractivity contribution in [1.82, 2.24) is 19.8 Å². The first-order chi connectivity index (χ1) is 14.2. The number of morpholine rings is 1. The Morgan fingerprint density at radius 3 is 2.66 bits per heavy atom. The molecule has 0 atom stereocenters. The largest absolute Gasteiger partial charge is 0.379 e. The maximum Gasteiger partial charge on any atom is 0.252 e. The van der Waals surface area contributed by atoms with E-state index in [0.29, 0.717) is 23.6 Å². The number of halogens is 1. The number of nitrogens with zero attached hydrogens (tertiary/aromatic N) is 3. The first-order valence-electron chi connectivity index (χ1n) is 9.99. The van der Waals surface area contributed by atoms with Crippen molar-refractivity contribution in [2.24, 2.45) is 0 Å². The van der Waals surface area contributed by atoms with Crippen LogP contribution in [0.4, 0.5) is 0 Å². The number of benzene rings is 2. The minimum atomic E-state index is -0.161. The maximum absolute atomic E-state index is 12.4. The molecule has 1 amide bonds. The van der Waals surface area contributed by atoms with Gasteiger partial charge in [-0.25, -0.2) is 4.98 Å². The molecule has 7 heteroatoms. The number of fused-ring (bicyclic) bond motifs is 1. The normalized spacial score (nSPS) is 14.9. The second-order valence-electron chi connectivity index (χ2n) is 7.11. The van der Waals surface area contributed by atoms with E-state index in [9.17, 15) is 4.79 Å². The molecule has 1 fully saturated rings. The number of amides is 1. The highest BCUT2D eigenvalue weighted by Gasteiger charge is 2.15. The van der Waals surface area contributed by atoms with Crippen LogP contribution in [0.1, 0.15) is 16.2 Å². The first kappa shape index (κ1) is 19.9. The molecule has 1 aliphatic rings. The summed E-state index contributed by atoms with van der Waals surface area (Å²) in [5.41, 5.74) is 2.62. The molecule has 4 rings (SSSR count). The van der Waals surface area contributed by atoms with Crippen LogP contribution in [-0.2, 0) is 17.7 Å². The molecule has 6 nitrogen and oxygen atoms in total. The lowest BCUT2D eigenvalue weighted by atomic mass is 10.2. The summed E-state index contributed by atoms with van der Waals surface area (Å²) in [5.74, 6) is 0.825. The zero-order chi connectivity index (χ0) is 20.1. The van der Waals surface area contributed by atoms with Crippen LogP contribution in [0.25, 0.3) is 11.0 Å². The minimum absolute atomic E-state index is 0.161. The summed E-state index contributed by atoms with van der Waals surface area (Å²) in [5, 5.41) is 3.42. The number of hydrogen-bond donors (Lipinski definition) is 1. The summed E-state index contributed by atoms with van der Waals surface area (Å²) in [7, 11) is 0. The van der Waals surface area contributed by atoms with Gasteiger partial charge in [-0.2, -0.15) is 0 Å². The Morgan fingerprint density at radius 2 is 1.83 bits per heavy atom. The Bertz CT molecular complexity index is 982. The predicted molar refractivity (Wildman–Crippen MR) is 114 cm³/mol. The van der Waals surface area contributed by atoms with E-state index in [2.05, 4.69) is 20.9 Å². The number of imidazole rings is 1. The molecule has 0 unspecified atom stereocenters. The smallest absolute Gasteiger partial charge is 0.252 e. The third kappa shape index (κ3) is 4.78. The van der Waals surface area contributed by atoms with E-state index in [4.69, 9.17) is 21.3 Å². The molecule has 29 heavy (non-hydrogen) atoms. The second kappa shape index (κ2) is 9.39. The van der Waals surface area contributed by atoms with Crippen molar-refractivity contribution in [1.29, 1.82) is 0 Å². The Labute approximate surface area is 175 Å². The van der Waals surface area contributed by atoms with Gasteiger partial charge in [-0.15, -0.1) is 0 Å². The van der Waals surface area contributed by atoms with Crippen LogP contribution in [0.3, 0.4) is 0 Å². The fraction of sp³-hybridized carbons (Fsp3) is 0.364. The van der Waals surface area contributed by atoms with Gasteiger partial charge in [0.25, 0.3) is 5.91 Å². The van der Waals surface area contributed by atoms with Crippen LogP contribution < -0.4 is 5.32 Å². The Hall–Kier alpha value is -2.41. The van der Waals surface area contributed by atoms with Crippen LogP contribution in [0.5, 0.6) is 0 Å². The van der Waals surface area contributed by atoms with Gasteiger partial charge in [0, 0.05) is 39.1 Å². The summed E-state index contributed by atoms with van der Waals surface area (Å²) in [6.07, 6.45) is 0.661. The van der Waals surface area contributed by atoms with Crippen molar-refractivity contribution >= 4 is 28.5 Å². The fourth-order valence-corrected chi connectivity index (χ4v) is 3.88. The van der Waals surface area contributed by atoms with Crippen molar-refractivity contribution in [3.05, 3.63) is 64.9 Å². The lowest BCUT2D eigenvalue weighted by Gasteiger charge is -2.27. The molecule has 2 aromatic carbocycles. The van der Waals surface area contributed by atoms with Gasteiger partial charge in [0.2, 0.25) is 0 Å². The van der Waals surface area contributed by atoms with E-state index in [-0.39, 0.29) is 5.91 Å². The van der Waals surface area contributed by atoms with E-state index in [1.165, 1.54) is 0 Å². The minimum Gasteiger partial charge on any atom is -0.379 e. The molecule has 152 valence electrons. The van der Waals surface area contributed by atoms with Gasteiger partial charge in [-0.3, -0.25) is 9.69 Å². The maximum atomic E-state index is 12.4. The molecule has 1 N–H and O–H groups in total. The Balaban J connectivity index is 1.43. The number of carbonyl (C=O) groups is 1. The van der Waals surface area contributed by atoms with Crippen LogP contribution in [0, 0.1) is 0 Å². The van der Waals surface area contributed by atoms with Crippen molar-refractivity contribution in [2.75, 3.05) is 39.4 Å². The summed E-state index contributed by atoms with van der Waals surface area (Å²) >= 11 is 6.12. The van der Waals surface area contributed by atoms with Gasteiger partial charge in [0.05, 0.1) is 34.8 Å². The van der Waals surface area contributed by atoms with Crippen molar-refractivity contribution < 1.29 is 9.53 Å². The fourth-order valence-electron chi connectivity index (χ4n) is 3.66. The zero-order valence-corrected chi connectivity index (χ0v) is 17.1. The van der Waals surface area contributed by atoms with Gasteiger partial charge in [-0.05, 0) is 24.3 Å². The summed E-state index contributed by atoms with van der Waals surface area (Å²) in [6, 6.07) is 15.3. The number of ether oxygens (including phenoxy) is 1. The molecule has 1 aromatic heterocycles. The van der Waals surface area contributed by atoms with Crippen molar-refractivity contribution in [2.45, 2.75) is 13.0 Å². The molecule has 0 bridgehead atoms. The lowest BCUT2D eigenvalue weighted by Crippen LogP contribution is -2.38. The molecule has 0 spiro atoms. The Kier molecular flexibility index (Phi) is 6.44. The highest BCUT2D eigenvalue weighted by atomic mass is 35.5. The molecule has 1 saturated heterocycles. The van der Waals surface area contributed by atoms with Crippen LogP contribution in [0.15, 0.2) is 48.5 Å². The summed E-state index contributed by atoms with van der Waals surface area (Å²) in [6.45, 7) is 5.87. The standard InChI is InChI=1S/C22H25ClN4O2/c23-18-6-2-1-5-17(18)22(28)24-10-9-21-25-19-7-3-4-8-20(19)27(21)12-11-26-13-15-29-16-14-26/h1-8H,9-16H2,(H,24,28). The highest BCUT2D eigenvalue weighted by Crippen LogP contribution is 2.17. The molecule has 3 aromatic rings. The highest BCUT2D eigenvalue weighted by molar-refractivity contribution is 6.33. The van der Waals surface area contributed by atoms with Gasteiger partial charge < -0.3 is 14.6 Å². The monoisotopic (exact) mass is 412 g/mol. The van der Waals surface area contributed by atoms with E-state index >= 15 is 0 Å². The summed E-state index contributed by atoms with van der Waals surface area (Å²) in [4.78, 5) is 19.6. The van der Waals surface area contributed by atoms with Crippen LogP contribution >= 0.6 is 11.6 Å². The lowest BCUT2D eigenvalue weighted by molar-refractivity contribution is 0.0364. The first-order valence-corrected chi connectivity index (χ1v) is 10.4. The molecule has 1 aliphatic heterocycles. The van der Waals surface area contributed by atoms with E-state index in [1.807, 2.05) is 30.3 Å². The van der Waals surface area contributed by atoms with E-state index in [0.717, 1.165) is 56.3 Å². The third-order valence-corrected chi connectivity index (χ3v) is 5.56. The third-order valence-electron chi connectivity index (χ3n) is 5.23. The molecule has 0 aliphatic carbocycles. The molecule has 2 heterocycles. The topological polar surface area (TPSA) is 59.4 Å². The molecular weight excluding hydrogens is 388 g/mol. The van der Waals surface area contributed by atoms with Crippen LogP contribution in [0.2, 0.25) is 5.02 Å². The predicted octanol–water partition coefficient (Wildman–Crippen LogP) is 2.99. The number of nitrogens with one attached hydrogen (secondary N) is 1. The number of hydrogen-bond acceptors (Lipinski definition) is 4. The average molecular weight is 413 g/mol. The summed E-state index contributed by atoms with van der Waals surface area (Å²) < 4.78 is 7.71. The van der Waals surface area contributed by atoms with Gasteiger partial charge in [-0.1, -0.05) is 35.9 Å². The average Bonchev–Trinajstić information content (AvgIpc) is 3.10. The van der Waals surface area contributed by atoms with E-state index in [1.54, 1.807) is 12.1 Å². The number of para-hydroxylation sites is 2. The molecule has 0 saturated carbocycles. The Morgan fingerprint density at radius 1 is 1.07 bits per heavy atom. The van der Waals surface area contributed by atoms with Crippen LogP contribution in [-0.4, -0.2) is 59.8 Å². The SMILES string of the molecule is O=C(NCCc1nc2ccccc2n1CCN1CCOCC1)c1ccccc1Cl. The van der Waals surface area contributed by atoms with Gasteiger partial charge in [0.15, 0.2) is 0 Å². The second-order valence-corrected chi connectivity index (χ2v) is 7.52. The quantitative estimate of drug-likeness (QED) is 0.648. The van der Waals surface area contributed by atoms with Crippen molar-refractivity contribution in [3.63, 3.8) is 0 Å². The van der Waals surface area contributed by atoms with E-state index < -0.39 is 0 Å². The van der Waals surface area contributed by atoms with Gasteiger partial charge in [0.1, 0.15) is 5.82 Å². The molecular formula is C22H25ClN4O2. The number of carbonyl (C=O) groups excluding carboxylic acids is 1. The van der Waals surface area contributed by atoms with Gasteiger partial charge >= 0.3 is 0 Å². The number of rotatable bonds is 7. The number of aromatic nitrogens is 2.